The minimum atomic E-state index is -0.780. The zero-order chi connectivity index (χ0) is 16.5. The first-order valence-corrected chi connectivity index (χ1v) is 9.99. The fourth-order valence-electron chi connectivity index (χ4n) is 3.18. The Morgan fingerprint density at radius 2 is 1.95 bits per heavy atom. The Morgan fingerprint density at radius 1 is 1.27 bits per heavy atom. The van der Waals surface area contributed by atoms with Crippen LogP contribution in [0.5, 0.6) is 0 Å². The normalized spacial score (nSPS) is 24.8. The Hall–Kier alpha value is -0.620. The minimum Gasteiger partial charge on any atom is -0.391 e. The number of amides is 2. The summed E-state index contributed by atoms with van der Waals surface area (Å²) in [7, 11) is -0.780. The highest BCUT2D eigenvalue weighted by atomic mass is 32.2. The van der Waals surface area contributed by atoms with Gasteiger partial charge in [0.05, 0.1) is 6.10 Å². The molecular weight excluding hydrogens is 300 g/mol. The molecule has 4 unspecified atom stereocenters. The molecule has 1 aliphatic carbocycles. The van der Waals surface area contributed by atoms with Gasteiger partial charge in [0.1, 0.15) is 0 Å². The molecule has 6 heteroatoms. The van der Waals surface area contributed by atoms with E-state index in [-0.39, 0.29) is 29.8 Å². The molecule has 0 saturated heterocycles. The third-order valence-corrected chi connectivity index (χ3v) is 6.42. The van der Waals surface area contributed by atoms with Crippen molar-refractivity contribution in [3.05, 3.63) is 0 Å². The molecule has 22 heavy (non-hydrogen) atoms. The number of nitrogens with one attached hydrogen (secondary N) is 2. The Bertz CT molecular complexity index is 361. The molecule has 1 saturated carbocycles. The first-order valence-electron chi connectivity index (χ1n) is 8.61. The smallest absolute Gasteiger partial charge is 0.315 e. The van der Waals surface area contributed by atoms with E-state index in [2.05, 4.69) is 10.6 Å². The standard InChI is InChI=1S/C16H32N2O3S/c1-4-12(5-2)15(19)11-17-16(20)18-13-8-7-9-14(10-13)22(21)6-3/h12-15,19H,4-11H2,1-3H3,(H2,17,18,20). The molecule has 1 rings (SSSR count). The van der Waals surface area contributed by atoms with E-state index in [1.54, 1.807) is 0 Å². The highest BCUT2D eigenvalue weighted by Crippen LogP contribution is 2.23. The van der Waals surface area contributed by atoms with Crippen molar-refractivity contribution in [1.29, 1.82) is 0 Å². The van der Waals surface area contributed by atoms with Gasteiger partial charge >= 0.3 is 6.03 Å². The van der Waals surface area contributed by atoms with E-state index in [9.17, 15) is 14.1 Å². The Balaban J connectivity index is 2.34. The average molecular weight is 333 g/mol. The van der Waals surface area contributed by atoms with Crippen molar-refractivity contribution >= 4 is 16.8 Å². The van der Waals surface area contributed by atoms with Crippen molar-refractivity contribution in [3.63, 3.8) is 0 Å². The van der Waals surface area contributed by atoms with Gasteiger partial charge in [0.2, 0.25) is 0 Å². The summed E-state index contributed by atoms with van der Waals surface area (Å²) < 4.78 is 11.9. The maximum atomic E-state index is 12.0. The average Bonchev–Trinajstić information content (AvgIpc) is 2.53. The molecule has 1 fully saturated rings. The molecule has 130 valence electrons. The second kappa shape index (κ2) is 10.2. The zero-order valence-electron chi connectivity index (χ0n) is 14.1. The fourth-order valence-corrected chi connectivity index (χ4v) is 4.53. The van der Waals surface area contributed by atoms with Gasteiger partial charge in [0, 0.05) is 34.4 Å². The molecular formula is C16H32N2O3S. The molecule has 0 aliphatic heterocycles. The fraction of sp³-hybridized carbons (Fsp3) is 0.938. The lowest BCUT2D eigenvalue weighted by atomic mass is 9.95. The number of carbonyl (C=O) groups excluding carboxylic acids is 1. The lowest BCUT2D eigenvalue weighted by Crippen LogP contribution is -2.47. The second-order valence-corrected chi connectivity index (χ2v) is 8.16. The number of hydrogen-bond donors (Lipinski definition) is 3. The molecule has 4 atom stereocenters. The van der Waals surface area contributed by atoms with Gasteiger partial charge in [-0.25, -0.2) is 4.79 Å². The van der Waals surface area contributed by atoms with Crippen molar-refractivity contribution in [2.75, 3.05) is 12.3 Å². The molecule has 0 aromatic rings. The molecule has 3 N–H and O–H groups in total. The van der Waals surface area contributed by atoms with E-state index < -0.39 is 16.9 Å². The van der Waals surface area contributed by atoms with E-state index >= 15 is 0 Å². The van der Waals surface area contributed by atoms with E-state index in [1.165, 1.54) is 0 Å². The molecule has 0 radical (unpaired) electrons. The van der Waals surface area contributed by atoms with E-state index in [0.717, 1.165) is 38.5 Å². The van der Waals surface area contributed by atoms with Crippen LogP contribution >= 0.6 is 0 Å². The van der Waals surface area contributed by atoms with Crippen LogP contribution in [-0.2, 0) is 10.8 Å². The highest BCUT2D eigenvalue weighted by molar-refractivity contribution is 7.85. The monoisotopic (exact) mass is 332 g/mol. The van der Waals surface area contributed by atoms with Gasteiger partial charge < -0.3 is 15.7 Å². The van der Waals surface area contributed by atoms with E-state index in [4.69, 9.17) is 0 Å². The maximum absolute atomic E-state index is 12.0. The van der Waals surface area contributed by atoms with Crippen LogP contribution in [0.4, 0.5) is 4.79 Å². The molecule has 1 aliphatic rings. The zero-order valence-corrected chi connectivity index (χ0v) is 15.0. The lowest BCUT2D eigenvalue weighted by Gasteiger charge is -2.29. The lowest BCUT2D eigenvalue weighted by molar-refractivity contribution is 0.103. The second-order valence-electron chi connectivity index (χ2n) is 6.15. The van der Waals surface area contributed by atoms with Crippen molar-refractivity contribution in [2.24, 2.45) is 5.92 Å². The van der Waals surface area contributed by atoms with Crippen molar-refractivity contribution < 1.29 is 14.1 Å². The van der Waals surface area contributed by atoms with Gasteiger partial charge in [0.15, 0.2) is 0 Å². The summed E-state index contributed by atoms with van der Waals surface area (Å²) in [6.45, 7) is 6.33. The largest absolute Gasteiger partial charge is 0.391 e. The van der Waals surface area contributed by atoms with Crippen LogP contribution in [0.15, 0.2) is 0 Å². The predicted octanol–water partition coefficient (Wildman–Crippen LogP) is 2.16. The predicted molar refractivity (Wildman–Crippen MR) is 91.3 cm³/mol. The van der Waals surface area contributed by atoms with Gasteiger partial charge in [0.25, 0.3) is 0 Å². The van der Waals surface area contributed by atoms with Gasteiger partial charge in [-0.1, -0.05) is 40.0 Å². The summed E-state index contributed by atoms with van der Waals surface area (Å²) in [5.74, 6) is 0.914. The molecule has 0 aromatic heterocycles. The first kappa shape index (κ1) is 19.4. The van der Waals surface area contributed by atoms with Crippen LogP contribution in [0.3, 0.4) is 0 Å². The Kier molecular flexibility index (Phi) is 9.02. The van der Waals surface area contributed by atoms with Crippen LogP contribution < -0.4 is 10.6 Å². The van der Waals surface area contributed by atoms with Crippen LogP contribution in [0.2, 0.25) is 0 Å². The Morgan fingerprint density at radius 3 is 2.55 bits per heavy atom. The van der Waals surface area contributed by atoms with Gasteiger partial charge in [-0.15, -0.1) is 0 Å². The molecule has 0 bridgehead atoms. The van der Waals surface area contributed by atoms with Gasteiger partial charge in [-0.2, -0.15) is 0 Å². The number of aliphatic hydroxyl groups excluding tert-OH is 1. The van der Waals surface area contributed by atoms with E-state index in [1.807, 2.05) is 20.8 Å². The van der Waals surface area contributed by atoms with Crippen molar-refractivity contribution in [3.8, 4) is 0 Å². The Labute approximate surface area is 137 Å². The van der Waals surface area contributed by atoms with Gasteiger partial charge in [-0.3, -0.25) is 4.21 Å². The van der Waals surface area contributed by atoms with E-state index in [0.29, 0.717) is 5.75 Å². The third kappa shape index (κ3) is 6.24. The molecule has 0 aromatic carbocycles. The summed E-state index contributed by atoms with van der Waals surface area (Å²) in [5.41, 5.74) is 0. The minimum absolute atomic E-state index is 0.0968. The van der Waals surface area contributed by atoms with Gasteiger partial charge in [-0.05, 0) is 25.2 Å². The summed E-state index contributed by atoms with van der Waals surface area (Å²) >= 11 is 0. The summed E-state index contributed by atoms with van der Waals surface area (Å²) in [6.07, 6.45) is 5.07. The number of hydrogen-bond acceptors (Lipinski definition) is 3. The topological polar surface area (TPSA) is 78.4 Å². The first-order chi connectivity index (χ1) is 10.5. The van der Waals surface area contributed by atoms with Crippen molar-refractivity contribution in [1.82, 2.24) is 10.6 Å². The number of aliphatic hydroxyl groups is 1. The molecule has 5 nitrogen and oxygen atoms in total. The quantitative estimate of drug-likeness (QED) is 0.637. The van der Waals surface area contributed by atoms with Crippen LogP contribution in [-0.4, -0.2) is 45.0 Å². The van der Waals surface area contributed by atoms with Crippen LogP contribution in [0, 0.1) is 5.92 Å². The molecule has 0 spiro atoms. The number of carbonyl (C=O) groups is 1. The molecule has 2 amide bonds. The summed E-state index contributed by atoms with van der Waals surface area (Å²) in [6, 6.07) is -0.127. The maximum Gasteiger partial charge on any atom is 0.315 e. The number of urea groups is 1. The SMILES string of the molecule is CCC(CC)C(O)CNC(=O)NC1CCCC(S(=O)CC)C1. The van der Waals surface area contributed by atoms with Crippen LogP contribution in [0.1, 0.15) is 59.3 Å². The summed E-state index contributed by atoms with van der Waals surface area (Å²) in [4.78, 5) is 12.0. The summed E-state index contributed by atoms with van der Waals surface area (Å²) in [5, 5.41) is 16.0. The number of rotatable bonds is 8. The van der Waals surface area contributed by atoms with Crippen LogP contribution in [0.25, 0.3) is 0 Å². The van der Waals surface area contributed by atoms with Crippen molar-refractivity contribution in [2.45, 2.75) is 76.7 Å². The molecule has 0 heterocycles. The highest BCUT2D eigenvalue weighted by Gasteiger charge is 2.26. The third-order valence-electron chi connectivity index (χ3n) is 4.68.